The van der Waals surface area contributed by atoms with Crippen molar-refractivity contribution in [1.82, 2.24) is 9.38 Å². The van der Waals surface area contributed by atoms with Crippen molar-refractivity contribution in [1.29, 1.82) is 0 Å². The average Bonchev–Trinajstić information content (AvgIpc) is 3.15. The Hall–Kier alpha value is -3.61. The van der Waals surface area contributed by atoms with Crippen LogP contribution in [0.5, 0.6) is 0 Å². The number of hydrogen-bond donors (Lipinski definition) is 1. The van der Waals surface area contributed by atoms with Crippen LogP contribution in [-0.4, -0.2) is 15.3 Å². The normalized spacial score (nSPS) is 11.6. The second kappa shape index (κ2) is 7.33. The van der Waals surface area contributed by atoms with E-state index in [-0.39, 0.29) is 0 Å². The molecule has 0 spiro atoms. The maximum absolute atomic E-state index is 13.3. The van der Waals surface area contributed by atoms with Gasteiger partial charge in [0.2, 0.25) is 0 Å². The van der Waals surface area contributed by atoms with Gasteiger partial charge in [0.25, 0.3) is 5.91 Å². The number of amides is 1. The zero-order valence-electron chi connectivity index (χ0n) is 16.3. The molecule has 0 atom stereocenters. The first-order chi connectivity index (χ1) is 14.2. The second-order valence-corrected chi connectivity index (χ2v) is 7.08. The molecule has 2 heterocycles. The number of imidazole rings is 1. The topological polar surface area (TPSA) is 46.4 Å². The maximum atomic E-state index is 13.3. The zero-order chi connectivity index (χ0) is 21.5. The number of halogens is 3. The van der Waals surface area contributed by atoms with Crippen molar-refractivity contribution in [2.24, 2.45) is 0 Å². The number of carbonyl (C=O) groups excluding carboxylic acids is 1. The molecule has 2 aromatic carbocycles. The van der Waals surface area contributed by atoms with Gasteiger partial charge in [-0.3, -0.25) is 4.79 Å². The van der Waals surface area contributed by atoms with Gasteiger partial charge in [-0.05, 0) is 49.2 Å². The minimum atomic E-state index is -4.61. The number of hydrogen-bond acceptors (Lipinski definition) is 2. The molecule has 0 unspecified atom stereocenters. The van der Waals surface area contributed by atoms with E-state index >= 15 is 0 Å². The molecule has 4 nitrogen and oxygen atoms in total. The highest BCUT2D eigenvalue weighted by molar-refractivity contribution is 6.06. The molecule has 1 N–H and O–H groups in total. The lowest BCUT2D eigenvalue weighted by atomic mass is 10.0. The SMILES string of the molecule is Cc1ccc(-c2cn3cccc(C)c3n2)cc1NC(=O)c1ccccc1C(F)(F)F. The Bertz CT molecular complexity index is 1260. The van der Waals surface area contributed by atoms with Crippen molar-refractivity contribution >= 4 is 17.2 Å². The van der Waals surface area contributed by atoms with Crippen LogP contribution in [0.3, 0.4) is 0 Å². The molecular weight excluding hydrogens is 391 g/mol. The third kappa shape index (κ3) is 3.66. The van der Waals surface area contributed by atoms with Crippen molar-refractivity contribution in [3.05, 3.63) is 89.2 Å². The highest BCUT2D eigenvalue weighted by Crippen LogP contribution is 2.33. The Morgan fingerprint density at radius 1 is 1.00 bits per heavy atom. The number of pyridine rings is 1. The Labute approximate surface area is 171 Å². The van der Waals surface area contributed by atoms with Gasteiger partial charge in [-0.15, -0.1) is 0 Å². The van der Waals surface area contributed by atoms with E-state index in [1.54, 1.807) is 19.1 Å². The predicted molar refractivity (Wildman–Crippen MR) is 109 cm³/mol. The summed E-state index contributed by atoms with van der Waals surface area (Å²) < 4.78 is 41.7. The Balaban J connectivity index is 1.69. The van der Waals surface area contributed by atoms with Crippen LogP contribution in [0.15, 0.2) is 67.0 Å². The third-order valence-corrected chi connectivity index (χ3v) is 4.94. The largest absolute Gasteiger partial charge is 0.417 e. The van der Waals surface area contributed by atoms with E-state index in [9.17, 15) is 18.0 Å². The molecule has 2 aromatic heterocycles. The van der Waals surface area contributed by atoms with Crippen molar-refractivity contribution in [3.8, 4) is 11.3 Å². The van der Waals surface area contributed by atoms with Gasteiger partial charge in [-0.25, -0.2) is 4.98 Å². The molecule has 0 aliphatic carbocycles. The van der Waals surface area contributed by atoms with Crippen LogP contribution in [0, 0.1) is 13.8 Å². The van der Waals surface area contributed by atoms with Crippen LogP contribution in [0.1, 0.15) is 27.0 Å². The molecule has 0 aliphatic heterocycles. The smallest absolute Gasteiger partial charge is 0.322 e. The van der Waals surface area contributed by atoms with Gasteiger partial charge in [0.05, 0.1) is 16.8 Å². The van der Waals surface area contributed by atoms with Crippen LogP contribution in [0.25, 0.3) is 16.9 Å². The fourth-order valence-electron chi connectivity index (χ4n) is 3.33. The van der Waals surface area contributed by atoms with E-state index < -0.39 is 23.2 Å². The van der Waals surface area contributed by atoms with Crippen molar-refractivity contribution in [2.45, 2.75) is 20.0 Å². The Kier molecular flexibility index (Phi) is 4.81. The number of aromatic nitrogens is 2. The first-order valence-electron chi connectivity index (χ1n) is 9.27. The summed E-state index contributed by atoms with van der Waals surface area (Å²) in [5.41, 5.74) is 3.08. The van der Waals surface area contributed by atoms with Crippen molar-refractivity contribution in [2.75, 3.05) is 5.32 Å². The van der Waals surface area contributed by atoms with Gasteiger partial charge >= 0.3 is 6.18 Å². The lowest BCUT2D eigenvalue weighted by molar-refractivity contribution is -0.137. The zero-order valence-corrected chi connectivity index (χ0v) is 16.3. The van der Waals surface area contributed by atoms with Gasteiger partial charge in [0, 0.05) is 23.6 Å². The standard InChI is InChI=1S/C23H18F3N3O/c1-14-9-10-16(20-13-29-11-5-6-15(2)21(29)27-20)12-19(14)28-22(30)17-7-3-4-8-18(17)23(24,25)26/h3-13H,1-2H3,(H,28,30). The molecule has 0 saturated carbocycles. The predicted octanol–water partition coefficient (Wildman–Crippen LogP) is 5.89. The van der Waals surface area contributed by atoms with Gasteiger partial charge in [-0.1, -0.05) is 30.3 Å². The highest BCUT2D eigenvalue weighted by atomic mass is 19.4. The summed E-state index contributed by atoms with van der Waals surface area (Å²) in [6.45, 7) is 3.74. The van der Waals surface area contributed by atoms with E-state index in [0.717, 1.165) is 28.4 Å². The number of anilines is 1. The molecule has 4 rings (SSSR count). The molecule has 4 aromatic rings. The summed E-state index contributed by atoms with van der Waals surface area (Å²) in [6.07, 6.45) is -0.847. The molecule has 1 amide bonds. The van der Waals surface area contributed by atoms with Crippen molar-refractivity contribution < 1.29 is 18.0 Å². The average molecular weight is 409 g/mol. The van der Waals surface area contributed by atoms with E-state index in [2.05, 4.69) is 10.3 Å². The second-order valence-electron chi connectivity index (χ2n) is 7.08. The first-order valence-corrected chi connectivity index (χ1v) is 9.27. The molecule has 0 bridgehead atoms. The van der Waals surface area contributed by atoms with E-state index in [0.29, 0.717) is 11.4 Å². The van der Waals surface area contributed by atoms with E-state index in [4.69, 9.17) is 0 Å². The summed E-state index contributed by atoms with van der Waals surface area (Å²) in [5.74, 6) is -0.811. The van der Waals surface area contributed by atoms with Crippen LogP contribution in [-0.2, 0) is 6.18 Å². The number of aryl methyl sites for hydroxylation is 2. The number of rotatable bonds is 3. The van der Waals surface area contributed by atoms with Crippen LogP contribution < -0.4 is 5.32 Å². The minimum Gasteiger partial charge on any atom is -0.322 e. The van der Waals surface area contributed by atoms with Crippen LogP contribution >= 0.6 is 0 Å². The molecule has 152 valence electrons. The maximum Gasteiger partial charge on any atom is 0.417 e. The van der Waals surface area contributed by atoms with Gasteiger partial charge in [-0.2, -0.15) is 13.2 Å². The molecule has 0 radical (unpaired) electrons. The fourth-order valence-corrected chi connectivity index (χ4v) is 3.33. The number of carbonyl (C=O) groups is 1. The minimum absolute atomic E-state index is 0.418. The molecule has 30 heavy (non-hydrogen) atoms. The molecule has 0 fully saturated rings. The lowest BCUT2D eigenvalue weighted by Crippen LogP contribution is -2.19. The van der Waals surface area contributed by atoms with Crippen molar-refractivity contribution in [3.63, 3.8) is 0 Å². The first kappa shape index (κ1) is 19.7. The number of fused-ring (bicyclic) bond motifs is 1. The Morgan fingerprint density at radius 2 is 1.77 bits per heavy atom. The highest BCUT2D eigenvalue weighted by Gasteiger charge is 2.34. The van der Waals surface area contributed by atoms with Gasteiger partial charge in [0.15, 0.2) is 0 Å². The van der Waals surface area contributed by atoms with Gasteiger partial charge < -0.3 is 9.72 Å². The number of alkyl halides is 3. The molecule has 0 saturated heterocycles. The third-order valence-electron chi connectivity index (χ3n) is 4.94. The number of nitrogens with zero attached hydrogens (tertiary/aromatic N) is 2. The molecular formula is C23H18F3N3O. The summed E-state index contributed by atoms with van der Waals surface area (Å²) in [6, 6.07) is 14.0. The monoisotopic (exact) mass is 409 g/mol. The summed E-state index contributed by atoms with van der Waals surface area (Å²) in [4.78, 5) is 17.3. The van der Waals surface area contributed by atoms with E-state index in [1.807, 2.05) is 41.9 Å². The van der Waals surface area contributed by atoms with Crippen LogP contribution in [0.2, 0.25) is 0 Å². The summed E-state index contributed by atoms with van der Waals surface area (Å²) in [7, 11) is 0. The van der Waals surface area contributed by atoms with Gasteiger partial charge in [0.1, 0.15) is 5.65 Å². The fraction of sp³-hybridized carbons (Fsp3) is 0.130. The Morgan fingerprint density at radius 3 is 2.50 bits per heavy atom. The summed E-state index contributed by atoms with van der Waals surface area (Å²) in [5, 5.41) is 2.62. The van der Waals surface area contributed by atoms with Crippen LogP contribution in [0.4, 0.5) is 18.9 Å². The number of nitrogens with one attached hydrogen (secondary N) is 1. The quantitative estimate of drug-likeness (QED) is 0.459. The number of benzene rings is 2. The molecule has 0 aliphatic rings. The molecule has 7 heteroatoms. The lowest BCUT2D eigenvalue weighted by Gasteiger charge is -2.14. The summed E-state index contributed by atoms with van der Waals surface area (Å²) >= 11 is 0. The van der Waals surface area contributed by atoms with E-state index in [1.165, 1.54) is 18.2 Å².